The first-order valence-electron chi connectivity index (χ1n) is 3.55. The molecule has 0 atom stereocenters. The third-order valence-electron chi connectivity index (χ3n) is 1.39. The normalized spacial score (nSPS) is 9.54. The van der Waals surface area contributed by atoms with Crippen LogP contribution in [0.2, 0.25) is 0 Å². The van der Waals surface area contributed by atoms with Gasteiger partial charge in [0.1, 0.15) is 0 Å². The Bertz CT molecular complexity index is 323. The minimum atomic E-state index is -1.44. The molecule has 0 aromatic carbocycles. The highest BCUT2D eigenvalue weighted by atomic mass is 32.1. The van der Waals surface area contributed by atoms with Crippen LogP contribution < -0.4 is 0 Å². The summed E-state index contributed by atoms with van der Waals surface area (Å²) < 4.78 is 38.5. The van der Waals surface area contributed by atoms with E-state index in [2.05, 4.69) is 0 Å². The molecular weight excluding hydrogens is 197 g/mol. The number of halogens is 3. The van der Waals surface area contributed by atoms with Gasteiger partial charge in [-0.2, -0.15) is 0 Å². The highest BCUT2D eigenvalue weighted by Crippen LogP contribution is 2.13. The average Bonchev–Trinajstić information content (AvgIpc) is 2.16. The summed E-state index contributed by atoms with van der Waals surface area (Å²) in [5.74, 6) is -3.77. The van der Waals surface area contributed by atoms with Crippen LogP contribution in [0.25, 0.3) is 0 Å². The van der Waals surface area contributed by atoms with Crippen LogP contribution in [0, 0.1) is 24.4 Å². The lowest BCUT2D eigenvalue weighted by atomic mass is 10.4. The van der Waals surface area contributed by atoms with E-state index in [0.717, 1.165) is 17.4 Å². The lowest BCUT2D eigenvalue weighted by molar-refractivity contribution is 0.449. The van der Waals surface area contributed by atoms with Gasteiger partial charge in [0.25, 0.3) is 0 Å². The summed E-state index contributed by atoms with van der Waals surface area (Å²) in [5, 5.41) is 1.55. The summed E-state index contributed by atoms with van der Waals surface area (Å²) in [6.07, 6.45) is 0. The third kappa shape index (κ3) is 2.45. The van der Waals surface area contributed by atoms with Gasteiger partial charge >= 0.3 is 0 Å². The molecule has 0 aliphatic heterocycles. The van der Waals surface area contributed by atoms with Crippen molar-refractivity contribution in [2.45, 2.75) is 6.92 Å². The maximum Gasteiger partial charge on any atom is 0.195 e. The molecule has 70 valence electrons. The minimum absolute atomic E-state index is 0.104. The highest BCUT2D eigenvalue weighted by molar-refractivity contribution is 7.09. The molecule has 0 saturated carbocycles. The number of aryl methyl sites for hydroxylation is 1. The van der Waals surface area contributed by atoms with E-state index in [-0.39, 0.29) is 4.88 Å². The van der Waals surface area contributed by atoms with Crippen molar-refractivity contribution in [2.24, 2.45) is 0 Å². The maximum absolute atomic E-state index is 13.0. The Morgan fingerprint density at radius 2 is 1.77 bits per heavy atom. The number of rotatable bonds is 0. The predicted molar refractivity (Wildman–Crippen MR) is 46.6 cm³/mol. The standard InChI is InChI=1S/C9H7F3S/c1-6-8(11)9(12)7(10)4-2-3-5-13-6/h2-5H,1H3. The zero-order valence-corrected chi connectivity index (χ0v) is 7.67. The van der Waals surface area contributed by atoms with Gasteiger partial charge in [-0.15, -0.1) is 11.3 Å². The van der Waals surface area contributed by atoms with Gasteiger partial charge < -0.3 is 0 Å². The summed E-state index contributed by atoms with van der Waals surface area (Å²) in [7, 11) is 0. The van der Waals surface area contributed by atoms with E-state index in [1.165, 1.54) is 19.1 Å². The molecule has 1 aromatic heterocycles. The summed E-state index contributed by atoms with van der Waals surface area (Å²) in [6, 6.07) is 3.71. The summed E-state index contributed by atoms with van der Waals surface area (Å²) in [4.78, 5) is 0.104. The first-order valence-corrected chi connectivity index (χ1v) is 4.43. The van der Waals surface area contributed by atoms with E-state index in [1.807, 2.05) is 0 Å². The van der Waals surface area contributed by atoms with E-state index in [9.17, 15) is 13.2 Å². The molecule has 1 aromatic rings. The SMILES string of the molecule is Cc1sccccc(F)c(F)c1F. The van der Waals surface area contributed by atoms with E-state index < -0.39 is 17.5 Å². The van der Waals surface area contributed by atoms with E-state index in [0.29, 0.717) is 0 Å². The highest BCUT2D eigenvalue weighted by Gasteiger charge is 2.06. The van der Waals surface area contributed by atoms with Gasteiger partial charge in [0.05, 0.1) is 0 Å². The second-order valence-corrected chi connectivity index (χ2v) is 3.46. The van der Waals surface area contributed by atoms with Gasteiger partial charge in [0.2, 0.25) is 0 Å². The van der Waals surface area contributed by atoms with Gasteiger partial charge in [-0.1, -0.05) is 12.1 Å². The Kier molecular flexibility index (Phi) is 3.31. The average molecular weight is 204 g/mol. The molecule has 0 aliphatic carbocycles. The van der Waals surface area contributed by atoms with Crippen LogP contribution in [0.5, 0.6) is 0 Å². The van der Waals surface area contributed by atoms with Crippen LogP contribution in [0.4, 0.5) is 13.2 Å². The fourth-order valence-corrected chi connectivity index (χ4v) is 1.28. The monoisotopic (exact) mass is 204 g/mol. The van der Waals surface area contributed by atoms with E-state index >= 15 is 0 Å². The first-order chi connectivity index (χ1) is 6.13. The minimum Gasteiger partial charge on any atom is -0.204 e. The Balaban J connectivity index is 3.56. The van der Waals surface area contributed by atoms with Crippen LogP contribution in [0.15, 0.2) is 23.6 Å². The Labute approximate surface area is 78.0 Å². The van der Waals surface area contributed by atoms with Crippen molar-refractivity contribution < 1.29 is 13.2 Å². The lowest BCUT2D eigenvalue weighted by Crippen LogP contribution is -1.86. The third-order valence-corrected chi connectivity index (χ3v) is 2.21. The van der Waals surface area contributed by atoms with Crippen LogP contribution in [0.3, 0.4) is 0 Å². The van der Waals surface area contributed by atoms with Crippen molar-refractivity contribution in [3.8, 4) is 0 Å². The molecule has 0 amide bonds. The summed E-state index contributed by atoms with van der Waals surface area (Å²) in [5.41, 5.74) is 0. The summed E-state index contributed by atoms with van der Waals surface area (Å²) in [6.45, 7) is 1.39. The first kappa shape index (κ1) is 10.1. The zero-order valence-electron chi connectivity index (χ0n) is 6.85. The Morgan fingerprint density at radius 3 is 2.46 bits per heavy atom. The van der Waals surface area contributed by atoms with Crippen molar-refractivity contribution in [1.82, 2.24) is 0 Å². The van der Waals surface area contributed by atoms with Crippen molar-refractivity contribution in [2.75, 3.05) is 0 Å². The van der Waals surface area contributed by atoms with Crippen LogP contribution >= 0.6 is 11.3 Å². The molecule has 0 saturated heterocycles. The van der Waals surface area contributed by atoms with Crippen LogP contribution in [-0.2, 0) is 0 Å². The van der Waals surface area contributed by atoms with Gasteiger partial charge in [-0.3, -0.25) is 0 Å². The Morgan fingerprint density at radius 1 is 1.08 bits per heavy atom. The van der Waals surface area contributed by atoms with Gasteiger partial charge in [0.15, 0.2) is 17.5 Å². The largest absolute Gasteiger partial charge is 0.204 e. The molecule has 0 bridgehead atoms. The molecule has 0 unspecified atom stereocenters. The molecule has 0 nitrogen and oxygen atoms in total. The van der Waals surface area contributed by atoms with Gasteiger partial charge in [-0.05, 0) is 18.4 Å². The van der Waals surface area contributed by atoms with Crippen molar-refractivity contribution >= 4 is 11.3 Å². The molecule has 1 rings (SSSR count). The van der Waals surface area contributed by atoms with Crippen LogP contribution in [0.1, 0.15) is 4.88 Å². The molecule has 4 heteroatoms. The van der Waals surface area contributed by atoms with Crippen molar-refractivity contribution in [3.63, 3.8) is 0 Å². The second-order valence-electron chi connectivity index (χ2n) is 2.34. The predicted octanol–water partition coefficient (Wildman–Crippen LogP) is 3.60. The molecule has 0 N–H and O–H groups in total. The number of hydrogen-bond donors (Lipinski definition) is 0. The van der Waals surface area contributed by atoms with Crippen molar-refractivity contribution in [3.05, 3.63) is 45.9 Å². The number of hydrogen-bond acceptors (Lipinski definition) is 1. The smallest absolute Gasteiger partial charge is 0.195 e. The molecular formula is C9H7F3S. The molecule has 1 heterocycles. The molecule has 13 heavy (non-hydrogen) atoms. The lowest BCUT2D eigenvalue weighted by Gasteiger charge is -1.90. The fraction of sp³-hybridized carbons (Fsp3) is 0.111. The molecule has 0 aliphatic rings. The fourth-order valence-electron chi connectivity index (χ4n) is 0.711. The van der Waals surface area contributed by atoms with Crippen LogP contribution in [-0.4, -0.2) is 0 Å². The quantitative estimate of drug-likeness (QED) is 0.605. The maximum atomic E-state index is 13.0. The van der Waals surface area contributed by atoms with Gasteiger partial charge in [0, 0.05) is 4.88 Å². The van der Waals surface area contributed by atoms with Crippen molar-refractivity contribution in [1.29, 1.82) is 0 Å². The van der Waals surface area contributed by atoms with Gasteiger partial charge in [-0.25, -0.2) is 13.2 Å². The van der Waals surface area contributed by atoms with E-state index in [4.69, 9.17) is 0 Å². The molecule has 0 spiro atoms. The summed E-state index contributed by atoms with van der Waals surface area (Å²) >= 11 is 1.01. The Hall–Kier alpha value is -1.03. The second kappa shape index (κ2) is 4.28. The molecule has 0 fully saturated rings. The van der Waals surface area contributed by atoms with E-state index in [1.54, 1.807) is 5.38 Å². The molecule has 0 radical (unpaired) electrons. The zero-order chi connectivity index (χ0) is 9.84. The topological polar surface area (TPSA) is 0 Å².